The number of nitrogens with one attached hydrogen (secondary N) is 1. The molecular weight excluding hydrogens is 232 g/mol. The highest BCUT2D eigenvalue weighted by molar-refractivity contribution is 4.97. The largest absolute Gasteiger partial charge is 0.312 e. The van der Waals surface area contributed by atoms with Gasteiger partial charge >= 0.3 is 0 Å². The Bertz CT molecular complexity index is 297. The number of nitrogens with zero attached hydrogens (tertiary/aromatic N) is 1. The molecule has 0 aromatic carbocycles. The highest BCUT2D eigenvalue weighted by Crippen LogP contribution is 2.50. The molecule has 2 saturated carbocycles. The van der Waals surface area contributed by atoms with Crippen molar-refractivity contribution in [3.05, 3.63) is 0 Å². The average Bonchev–Trinajstić information content (AvgIpc) is 3.06. The maximum Gasteiger partial charge on any atom is 0.0235 e. The molecule has 2 atom stereocenters. The molecule has 2 nitrogen and oxygen atoms in total. The van der Waals surface area contributed by atoms with E-state index in [4.69, 9.17) is 0 Å². The topological polar surface area (TPSA) is 15.3 Å². The molecule has 0 radical (unpaired) electrons. The molecule has 2 heteroatoms. The van der Waals surface area contributed by atoms with Crippen molar-refractivity contribution in [3.8, 4) is 0 Å². The number of hydrogen-bond acceptors (Lipinski definition) is 2. The van der Waals surface area contributed by atoms with Crippen LogP contribution < -0.4 is 5.32 Å². The third kappa shape index (κ3) is 2.35. The number of rotatable bonds is 1. The summed E-state index contributed by atoms with van der Waals surface area (Å²) in [7, 11) is 0. The predicted octanol–water partition coefficient (Wildman–Crippen LogP) is 3.17. The summed E-state index contributed by atoms with van der Waals surface area (Å²) in [6.45, 7) is 4.01. The number of piperidine rings is 1. The fourth-order valence-corrected chi connectivity index (χ4v) is 5.58. The van der Waals surface area contributed by atoms with Gasteiger partial charge in [-0.1, -0.05) is 12.8 Å². The van der Waals surface area contributed by atoms with E-state index in [1.54, 1.807) is 12.8 Å². The van der Waals surface area contributed by atoms with Crippen LogP contribution in [0.25, 0.3) is 0 Å². The van der Waals surface area contributed by atoms with Gasteiger partial charge in [0.05, 0.1) is 0 Å². The fraction of sp³-hybridized carbons (Fsp3) is 1.00. The van der Waals surface area contributed by atoms with Crippen LogP contribution >= 0.6 is 0 Å². The minimum absolute atomic E-state index is 0.807. The lowest BCUT2D eigenvalue weighted by atomic mass is 9.71. The summed E-state index contributed by atoms with van der Waals surface area (Å²) in [6, 6.07) is 1.76. The number of fused-ring (bicyclic) bond motifs is 1. The summed E-state index contributed by atoms with van der Waals surface area (Å²) < 4.78 is 0. The fourth-order valence-electron chi connectivity index (χ4n) is 5.58. The zero-order valence-electron chi connectivity index (χ0n) is 12.4. The molecule has 4 aliphatic rings. The Kier molecular flexibility index (Phi) is 3.35. The second-order valence-corrected chi connectivity index (χ2v) is 7.86. The Morgan fingerprint density at radius 1 is 0.842 bits per heavy atom. The monoisotopic (exact) mass is 262 g/mol. The third-order valence-corrected chi connectivity index (χ3v) is 6.82. The number of likely N-dealkylation sites (tertiary alicyclic amines) is 1. The maximum absolute atomic E-state index is 3.76. The van der Waals surface area contributed by atoms with Crippen LogP contribution in [0.5, 0.6) is 0 Å². The van der Waals surface area contributed by atoms with E-state index in [0.717, 1.165) is 23.4 Å². The van der Waals surface area contributed by atoms with Crippen LogP contribution in [0.1, 0.15) is 64.2 Å². The molecule has 1 spiro atoms. The van der Waals surface area contributed by atoms with Crippen molar-refractivity contribution >= 4 is 0 Å². The zero-order chi connectivity index (χ0) is 12.7. The minimum atomic E-state index is 0.807. The Hall–Kier alpha value is -0.0800. The molecule has 2 aliphatic heterocycles. The Balaban J connectivity index is 1.34. The van der Waals surface area contributed by atoms with Gasteiger partial charge in [-0.15, -0.1) is 0 Å². The molecule has 0 aromatic rings. The first-order valence-electron chi connectivity index (χ1n) is 8.82. The van der Waals surface area contributed by atoms with E-state index in [1.165, 1.54) is 71.0 Å². The van der Waals surface area contributed by atoms with E-state index < -0.39 is 0 Å². The van der Waals surface area contributed by atoms with Gasteiger partial charge in [0.2, 0.25) is 0 Å². The second-order valence-electron chi connectivity index (χ2n) is 7.86. The molecule has 4 rings (SSSR count). The molecule has 0 aromatic heterocycles. The predicted molar refractivity (Wildman–Crippen MR) is 79.2 cm³/mol. The second kappa shape index (κ2) is 5.04. The first-order valence-corrected chi connectivity index (χ1v) is 8.82. The third-order valence-electron chi connectivity index (χ3n) is 6.82. The Morgan fingerprint density at radius 2 is 1.63 bits per heavy atom. The van der Waals surface area contributed by atoms with E-state index in [1.807, 2.05) is 0 Å². The van der Waals surface area contributed by atoms with Crippen LogP contribution in [0, 0.1) is 11.3 Å². The molecule has 2 heterocycles. The average molecular weight is 262 g/mol. The van der Waals surface area contributed by atoms with Gasteiger partial charge in [-0.3, -0.25) is 4.90 Å². The minimum Gasteiger partial charge on any atom is -0.312 e. The quantitative estimate of drug-likeness (QED) is 0.781. The molecule has 1 N–H and O–H groups in total. The van der Waals surface area contributed by atoms with Crippen LogP contribution in [-0.4, -0.2) is 36.6 Å². The lowest BCUT2D eigenvalue weighted by molar-refractivity contribution is 0.104. The number of hydrogen-bond donors (Lipinski definition) is 1. The molecule has 2 aliphatic carbocycles. The summed E-state index contributed by atoms with van der Waals surface area (Å²) in [5, 5.41) is 3.76. The maximum atomic E-state index is 3.76. The van der Waals surface area contributed by atoms with Crippen LogP contribution in [-0.2, 0) is 0 Å². The molecule has 0 amide bonds. The molecular formula is C17H30N2. The standard InChI is InChI=1S/C17H30N2/c1-2-8-17(7-1)9-5-15(6-10-17)19-12-14-4-3-11-18-16(14)13-19/h14-16,18H,1-13H2/t14-,16+/m0/s1. The van der Waals surface area contributed by atoms with E-state index in [2.05, 4.69) is 10.2 Å². The first-order chi connectivity index (χ1) is 9.35. The van der Waals surface area contributed by atoms with Crippen molar-refractivity contribution in [1.82, 2.24) is 10.2 Å². The van der Waals surface area contributed by atoms with E-state index >= 15 is 0 Å². The van der Waals surface area contributed by atoms with Gasteiger partial charge in [0.1, 0.15) is 0 Å². The van der Waals surface area contributed by atoms with Crippen molar-refractivity contribution in [1.29, 1.82) is 0 Å². The van der Waals surface area contributed by atoms with Crippen molar-refractivity contribution < 1.29 is 0 Å². The first kappa shape index (κ1) is 12.6. The highest BCUT2D eigenvalue weighted by Gasteiger charge is 2.42. The van der Waals surface area contributed by atoms with E-state index in [-0.39, 0.29) is 0 Å². The van der Waals surface area contributed by atoms with Crippen molar-refractivity contribution in [2.45, 2.75) is 76.3 Å². The SMILES string of the molecule is C1CN[C@@H]2CN(C3CCC4(CCCC4)CC3)C[C@@H]2C1. The highest BCUT2D eigenvalue weighted by atomic mass is 15.2. The molecule has 108 valence electrons. The van der Waals surface area contributed by atoms with Gasteiger partial charge in [0, 0.05) is 25.2 Å². The summed E-state index contributed by atoms with van der Waals surface area (Å²) in [4.78, 5) is 2.86. The van der Waals surface area contributed by atoms with Gasteiger partial charge in [0.15, 0.2) is 0 Å². The molecule has 0 bridgehead atoms. The van der Waals surface area contributed by atoms with Gasteiger partial charge in [-0.25, -0.2) is 0 Å². The van der Waals surface area contributed by atoms with Gasteiger partial charge in [-0.2, -0.15) is 0 Å². The molecule has 4 fully saturated rings. The van der Waals surface area contributed by atoms with Crippen molar-refractivity contribution in [3.63, 3.8) is 0 Å². The lowest BCUT2D eigenvalue weighted by Crippen LogP contribution is -2.42. The normalized spacial score (nSPS) is 39.8. The molecule has 2 saturated heterocycles. The van der Waals surface area contributed by atoms with Crippen LogP contribution in [0.15, 0.2) is 0 Å². The van der Waals surface area contributed by atoms with E-state index in [0.29, 0.717) is 0 Å². The van der Waals surface area contributed by atoms with Crippen LogP contribution in [0.2, 0.25) is 0 Å². The zero-order valence-corrected chi connectivity index (χ0v) is 12.4. The van der Waals surface area contributed by atoms with Crippen LogP contribution in [0.4, 0.5) is 0 Å². The summed E-state index contributed by atoms with van der Waals surface area (Å²) in [5.41, 5.74) is 0.807. The smallest absolute Gasteiger partial charge is 0.0235 e. The summed E-state index contributed by atoms with van der Waals surface area (Å²) >= 11 is 0. The van der Waals surface area contributed by atoms with Gasteiger partial charge in [-0.05, 0) is 69.2 Å². The van der Waals surface area contributed by atoms with Crippen LogP contribution in [0.3, 0.4) is 0 Å². The lowest BCUT2D eigenvalue weighted by Gasteiger charge is -2.40. The van der Waals surface area contributed by atoms with Crippen molar-refractivity contribution in [2.75, 3.05) is 19.6 Å². The molecule has 0 unspecified atom stereocenters. The Morgan fingerprint density at radius 3 is 2.37 bits per heavy atom. The Labute approximate surface area is 118 Å². The molecule has 19 heavy (non-hydrogen) atoms. The van der Waals surface area contributed by atoms with Crippen molar-refractivity contribution in [2.24, 2.45) is 11.3 Å². The van der Waals surface area contributed by atoms with E-state index in [9.17, 15) is 0 Å². The summed E-state index contributed by atoms with van der Waals surface area (Å²) in [5.74, 6) is 0.969. The van der Waals surface area contributed by atoms with Gasteiger partial charge in [0.25, 0.3) is 0 Å². The van der Waals surface area contributed by atoms with Gasteiger partial charge < -0.3 is 5.32 Å². The summed E-state index contributed by atoms with van der Waals surface area (Å²) in [6.07, 6.45) is 15.1.